The van der Waals surface area contributed by atoms with E-state index in [4.69, 9.17) is 30.4 Å². The van der Waals surface area contributed by atoms with Gasteiger partial charge in [0.1, 0.15) is 11.3 Å². The Labute approximate surface area is 180 Å². The summed E-state index contributed by atoms with van der Waals surface area (Å²) in [6, 6.07) is 6.09. The van der Waals surface area contributed by atoms with Crippen LogP contribution in [-0.2, 0) is 16.7 Å². The number of nitrogens with zero attached hydrogens (tertiary/aromatic N) is 3. The molecule has 1 aromatic heterocycles. The van der Waals surface area contributed by atoms with Crippen LogP contribution in [0.25, 0.3) is 0 Å². The fraction of sp³-hybridized carbons (Fsp3) is 0.435. The molecule has 6 rings (SSSR count). The number of hydrogen-bond acceptors (Lipinski definition) is 8. The Morgan fingerprint density at radius 3 is 2.84 bits per heavy atom. The highest BCUT2D eigenvalue weighted by Crippen LogP contribution is 2.47. The van der Waals surface area contributed by atoms with Gasteiger partial charge in [0.05, 0.1) is 25.3 Å². The van der Waals surface area contributed by atoms with Crippen LogP contribution in [0.3, 0.4) is 0 Å². The molecule has 0 spiro atoms. The third-order valence-corrected chi connectivity index (χ3v) is 6.68. The highest BCUT2D eigenvalue weighted by molar-refractivity contribution is 6.10. The molecular formula is C23H25N5O3. The first kappa shape index (κ1) is 18.9. The van der Waals surface area contributed by atoms with E-state index in [1.54, 1.807) is 7.11 Å². The first-order valence-electron chi connectivity index (χ1n) is 10.7. The molecule has 0 radical (unpaired) electrons. The highest BCUT2D eigenvalue weighted by Gasteiger charge is 2.46. The molecule has 4 aliphatic rings. The maximum absolute atomic E-state index is 6.73. The minimum Gasteiger partial charge on any atom is -0.496 e. The van der Waals surface area contributed by atoms with Crippen LogP contribution >= 0.6 is 0 Å². The monoisotopic (exact) mass is 419 g/mol. The smallest absolute Gasteiger partial charge is 0.244 e. The van der Waals surface area contributed by atoms with Crippen LogP contribution in [0.2, 0.25) is 0 Å². The molecule has 1 fully saturated rings. The SMILES string of the molecule is COc1cccc2c1C(C1(N)N=C3C=CC(N)(c4nnc(C5CC5)o4)C=C3CO1)CC2. The molecule has 2 heterocycles. The summed E-state index contributed by atoms with van der Waals surface area (Å²) in [6.07, 6.45) is 9.59. The third kappa shape index (κ3) is 2.97. The maximum Gasteiger partial charge on any atom is 0.244 e. The van der Waals surface area contributed by atoms with Crippen molar-refractivity contribution in [2.75, 3.05) is 13.7 Å². The minimum absolute atomic E-state index is 0.0808. The Balaban J connectivity index is 1.32. The van der Waals surface area contributed by atoms with Crippen molar-refractivity contribution >= 4 is 5.71 Å². The molecule has 2 aromatic rings. The van der Waals surface area contributed by atoms with Crippen LogP contribution in [0.4, 0.5) is 0 Å². The standard InChI is InChI=1S/C23H25N5O3/c1-29-18-4-2-3-13-7-8-16(19(13)18)23(25)26-17-9-10-22(24,11-15(17)12-30-23)21-28-27-20(31-21)14-5-6-14/h2-4,9-11,14,16H,5-8,12,24-25H2,1H3. The van der Waals surface area contributed by atoms with Crippen molar-refractivity contribution in [1.29, 1.82) is 0 Å². The number of methoxy groups -OCH3 is 1. The minimum atomic E-state index is -1.16. The highest BCUT2D eigenvalue weighted by atomic mass is 16.5. The Hall–Kier alpha value is -2.81. The summed E-state index contributed by atoms with van der Waals surface area (Å²) in [5.74, 6) is 1.02. The molecule has 1 saturated carbocycles. The van der Waals surface area contributed by atoms with Gasteiger partial charge in [-0.2, -0.15) is 0 Å². The van der Waals surface area contributed by atoms with Crippen molar-refractivity contribution < 1.29 is 13.9 Å². The predicted molar refractivity (Wildman–Crippen MR) is 114 cm³/mol. The van der Waals surface area contributed by atoms with Crippen LogP contribution in [0, 0.1) is 0 Å². The number of aliphatic imine (C=N–C) groups is 1. The van der Waals surface area contributed by atoms with Gasteiger partial charge < -0.3 is 19.6 Å². The van der Waals surface area contributed by atoms with Crippen molar-refractivity contribution in [3.05, 3.63) is 64.9 Å². The van der Waals surface area contributed by atoms with E-state index in [1.807, 2.05) is 30.4 Å². The number of benzene rings is 1. The van der Waals surface area contributed by atoms with Gasteiger partial charge in [0.15, 0.2) is 0 Å². The van der Waals surface area contributed by atoms with Gasteiger partial charge in [0.2, 0.25) is 17.6 Å². The van der Waals surface area contributed by atoms with Crippen molar-refractivity contribution in [2.24, 2.45) is 16.5 Å². The summed E-state index contributed by atoms with van der Waals surface area (Å²) < 4.78 is 17.6. The van der Waals surface area contributed by atoms with Crippen LogP contribution in [-0.4, -0.2) is 35.5 Å². The van der Waals surface area contributed by atoms with Crippen molar-refractivity contribution in [3.63, 3.8) is 0 Å². The summed E-state index contributed by atoms with van der Waals surface area (Å²) in [5, 5.41) is 8.35. The molecule has 0 amide bonds. The first-order chi connectivity index (χ1) is 15.0. The quantitative estimate of drug-likeness (QED) is 0.780. The van der Waals surface area contributed by atoms with Crippen molar-refractivity contribution in [2.45, 2.75) is 48.9 Å². The molecule has 3 atom stereocenters. The summed E-state index contributed by atoms with van der Waals surface area (Å²) in [7, 11) is 1.68. The molecule has 0 saturated heterocycles. The van der Waals surface area contributed by atoms with Crippen LogP contribution in [0.5, 0.6) is 5.75 Å². The van der Waals surface area contributed by atoms with E-state index in [2.05, 4.69) is 16.3 Å². The number of allylic oxidation sites excluding steroid dienone is 1. The number of fused-ring (bicyclic) bond motifs is 2. The lowest BCUT2D eigenvalue weighted by Gasteiger charge is -2.38. The van der Waals surface area contributed by atoms with Crippen molar-refractivity contribution in [1.82, 2.24) is 10.2 Å². The zero-order valence-corrected chi connectivity index (χ0v) is 17.4. The van der Waals surface area contributed by atoms with Gasteiger partial charge in [-0.3, -0.25) is 5.73 Å². The van der Waals surface area contributed by atoms with E-state index in [0.29, 0.717) is 24.3 Å². The summed E-state index contributed by atoms with van der Waals surface area (Å²) >= 11 is 0. The first-order valence-corrected chi connectivity index (χ1v) is 10.7. The number of ether oxygens (including phenoxy) is 2. The molecule has 31 heavy (non-hydrogen) atoms. The zero-order chi connectivity index (χ0) is 21.2. The largest absolute Gasteiger partial charge is 0.496 e. The van der Waals surface area contributed by atoms with Gasteiger partial charge in [-0.05, 0) is 55.5 Å². The number of nitrogens with two attached hydrogens (primary N) is 2. The van der Waals surface area contributed by atoms with Crippen molar-refractivity contribution in [3.8, 4) is 5.75 Å². The Bertz CT molecular complexity index is 1150. The Morgan fingerprint density at radius 2 is 2.03 bits per heavy atom. The van der Waals surface area contributed by atoms with Gasteiger partial charge >= 0.3 is 0 Å². The molecule has 8 nitrogen and oxygen atoms in total. The van der Waals surface area contributed by atoms with Crippen LogP contribution < -0.4 is 16.2 Å². The van der Waals surface area contributed by atoms with E-state index in [9.17, 15) is 0 Å². The van der Waals surface area contributed by atoms with E-state index in [1.165, 1.54) is 5.56 Å². The summed E-state index contributed by atoms with van der Waals surface area (Å²) in [4.78, 5) is 4.83. The summed E-state index contributed by atoms with van der Waals surface area (Å²) in [6.45, 7) is 0.309. The lowest BCUT2D eigenvalue weighted by molar-refractivity contribution is -0.0481. The average Bonchev–Trinajstić information content (AvgIpc) is 3.32. The molecular weight excluding hydrogens is 394 g/mol. The second-order valence-corrected chi connectivity index (χ2v) is 8.82. The van der Waals surface area contributed by atoms with E-state index in [-0.39, 0.29) is 5.92 Å². The zero-order valence-electron chi connectivity index (χ0n) is 17.4. The molecule has 4 N–H and O–H groups in total. The molecule has 8 heteroatoms. The predicted octanol–water partition coefficient (Wildman–Crippen LogP) is 2.42. The molecule has 160 valence electrons. The second-order valence-electron chi connectivity index (χ2n) is 8.82. The molecule has 3 unspecified atom stereocenters. The Morgan fingerprint density at radius 1 is 1.16 bits per heavy atom. The lowest BCUT2D eigenvalue weighted by Crippen LogP contribution is -2.51. The van der Waals surface area contributed by atoms with E-state index < -0.39 is 11.4 Å². The number of aromatic nitrogens is 2. The van der Waals surface area contributed by atoms with E-state index in [0.717, 1.165) is 48.3 Å². The van der Waals surface area contributed by atoms with Gasteiger partial charge in [-0.25, -0.2) is 4.99 Å². The Kier molecular flexibility index (Phi) is 4.02. The maximum atomic E-state index is 6.73. The van der Waals surface area contributed by atoms with Gasteiger partial charge in [-0.1, -0.05) is 12.1 Å². The van der Waals surface area contributed by atoms with E-state index >= 15 is 0 Å². The van der Waals surface area contributed by atoms with Gasteiger partial charge in [0, 0.05) is 17.1 Å². The fourth-order valence-electron chi connectivity index (χ4n) is 4.83. The average molecular weight is 419 g/mol. The van der Waals surface area contributed by atoms with Crippen LogP contribution in [0.1, 0.15) is 54.0 Å². The second kappa shape index (κ2) is 6.59. The number of rotatable bonds is 4. The lowest BCUT2D eigenvalue weighted by atomic mass is 9.87. The number of hydrogen-bond donors (Lipinski definition) is 2. The molecule has 1 aromatic carbocycles. The number of aryl methyl sites for hydroxylation is 1. The molecule has 1 aliphatic heterocycles. The topological polar surface area (TPSA) is 122 Å². The molecule has 3 aliphatic carbocycles. The normalized spacial score (nSPS) is 31.6. The third-order valence-electron chi connectivity index (χ3n) is 6.68. The van der Waals surface area contributed by atoms with Gasteiger partial charge in [-0.15, -0.1) is 10.2 Å². The van der Waals surface area contributed by atoms with Gasteiger partial charge in [0.25, 0.3) is 0 Å². The summed E-state index contributed by atoms with van der Waals surface area (Å²) in [5.41, 5.74) is 16.3. The van der Waals surface area contributed by atoms with Crippen LogP contribution in [0.15, 0.2) is 51.4 Å². The molecule has 0 bridgehead atoms. The fourth-order valence-corrected chi connectivity index (χ4v) is 4.83.